The van der Waals surface area contributed by atoms with Crippen LogP contribution < -0.4 is 10.2 Å². The Balaban J connectivity index is 1.58. The second-order valence-corrected chi connectivity index (χ2v) is 6.20. The molecule has 3 rings (SSSR count). The van der Waals surface area contributed by atoms with Gasteiger partial charge in [-0.1, -0.05) is 25.1 Å². The Labute approximate surface area is 136 Å². The third-order valence-electron chi connectivity index (χ3n) is 4.26. The molecule has 4 nitrogen and oxygen atoms in total. The van der Waals surface area contributed by atoms with Crippen molar-refractivity contribution in [1.29, 1.82) is 0 Å². The molecule has 0 bridgehead atoms. The maximum atomic E-state index is 13.6. The van der Waals surface area contributed by atoms with Gasteiger partial charge >= 0.3 is 0 Å². The number of piperidine rings is 1. The van der Waals surface area contributed by atoms with Crippen molar-refractivity contribution in [3.63, 3.8) is 0 Å². The standard InChI is InChI=1S/C18H23FN4/c1-14-5-4-12-23(13-14)17-9-11-21-18(22-17)20-10-8-15-6-2-3-7-16(15)19/h2-3,6-7,9,11,14H,4-5,8,10,12-13H2,1H3,(H,20,21,22). The molecule has 2 heterocycles. The molecule has 1 atom stereocenters. The highest BCUT2D eigenvalue weighted by molar-refractivity contribution is 5.43. The molecule has 0 saturated carbocycles. The third-order valence-corrected chi connectivity index (χ3v) is 4.26. The van der Waals surface area contributed by atoms with E-state index in [0.29, 0.717) is 30.4 Å². The summed E-state index contributed by atoms with van der Waals surface area (Å²) in [7, 11) is 0. The van der Waals surface area contributed by atoms with Crippen molar-refractivity contribution in [2.75, 3.05) is 29.9 Å². The van der Waals surface area contributed by atoms with E-state index in [1.54, 1.807) is 12.3 Å². The van der Waals surface area contributed by atoms with E-state index in [-0.39, 0.29) is 5.82 Å². The lowest BCUT2D eigenvalue weighted by atomic mass is 10.0. The molecule has 2 aromatic rings. The van der Waals surface area contributed by atoms with Gasteiger partial charge in [0.2, 0.25) is 5.95 Å². The number of benzene rings is 1. The second-order valence-electron chi connectivity index (χ2n) is 6.20. The molecule has 122 valence electrons. The molecule has 23 heavy (non-hydrogen) atoms. The van der Waals surface area contributed by atoms with Crippen molar-refractivity contribution in [1.82, 2.24) is 9.97 Å². The summed E-state index contributed by atoms with van der Waals surface area (Å²) in [6.45, 7) is 4.99. The largest absolute Gasteiger partial charge is 0.356 e. The van der Waals surface area contributed by atoms with Gasteiger partial charge in [0.25, 0.3) is 0 Å². The Morgan fingerprint density at radius 2 is 2.17 bits per heavy atom. The molecule has 1 saturated heterocycles. The number of halogens is 1. The lowest BCUT2D eigenvalue weighted by Gasteiger charge is -2.31. The Bertz CT molecular complexity index is 646. The van der Waals surface area contributed by atoms with E-state index in [0.717, 1.165) is 18.9 Å². The van der Waals surface area contributed by atoms with Crippen molar-refractivity contribution in [3.05, 3.63) is 47.9 Å². The molecule has 1 aromatic carbocycles. The highest BCUT2D eigenvalue weighted by atomic mass is 19.1. The van der Waals surface area contributed by atoms with Crippen LogP contribution in [-0.2, 0) is 6.42 Å². The first-order valence-electron chi connectivity index (χ1n) is 8.27. The summed E-state index contributed by atoms with van der Waals surface area (Å²) in [5.74, 6) is 2.12. The quantitative estimate of drug-likeness (QED) is 0.917. The lowest BCUT2D eigenvalue weighted by molar-refractivity contribution is 0.444. The van der Waals surface area contributed by atoms with Crippen molar-refractivity contribution in [2.45, 2.75) is 26.2 Å². The average Bonchev–Trinajstić information content (AvgIpc) is 2.57. The molecule has 0 radical (unpaired) electrons. The minimum atomic E-state index is -0.161. The topological polar surface area (TPSA) is 41.1 Å². The second kappa shape index (κ2) is 7.40. The molecule has 1 fully saturated rings. The summed E-state index contributed by atoms with van der Waals surface area (Å²) in [4.78, 5) is 11.2. The van der Waals surface area contributed by atoms with E-state index in [9.17, 15) is 4.39 Å². The minimum Gasteiger partial charge on any atom is -0.356 e. The fraction of sp³-hybridized carbons (Fsp3) is 0.444. The van der Waals surface area contributed by atoms with Gasteiger partial charge in [0.15, 0.2) is 0 Å². The van der Waals surface area contributed by atoms with Gasteiger partial charge in [-0.25, -0.2) is 9.37 Å². The van der Waals surface area contributed by atoms with Gasteiger partial charge < -0.3 is 10.2 Å². The van der Waals surface area contributed by atoms with E-state index in [1.165, 1.54) is 18.9 Å². The minimum absolute atomic E-state index is 0.161. The van der Waals surface area contributed by atoms with Crippen LogP contribution in [-0.4, -0.2) is 29.6 Å². The van der Waals surface area contributed by atoms with Crippen LogP contribution in [0.4, 0.5) is 16.2 Å². The van der Waals surface area contributed by atoms with Gasteiger partial charge in [0.1, 0.15) is 11.6 Å². The van der Waals surface area contributed by atoms with E-state index in [2.05, 4.69) is 27.1 Å². The van der Waals surface area contributed by atoms with Gasteiger partial charge in [0, 0.05) is 25.8 Å². The molecule has 1 N–H and O–H groups in total. The predicted octanol–water partition coefficient (Wildman–Crippen LogP) is 3.51. The summed E-state index contributed by atoms with van der Waals surface area (Å²) in [6.07, 6.45) is 4.89. The lowest BCUT2D eigenvalue weighted by Crippen LogP contribution is -2.34. The van der Waals surface area contributed by atoms with Gasteiger partial charge in [-0.2, -0.15) is 4.98 Å². The Morgan fingerprint density at radius 3 is 3.00 bits per heavy atom. The Kier molecular flexibility index (Phi) is 5.05. The highest BCUT2D eigenvalue weighted by Crippen LogP contribution is 2.21. The molecule has 1 aliphatic rings. The summed E-state index contributed by atoms with van der Waals surface area (Å²) in [5.41, 5.74) is 0.709. The number of rotatable bonds is 5. The van der Waals surface area contributed by atoms with Crippen LogP contribution in [0.3, 0.4) is 0 Å². The first kappa shape index (κ1) is 15.7. The van der Waals surface area contributed by atoms with E-state index in [1.807, 2.05) is 18.2 Å². The normalized spacial score (nSPS) is 18.0. The van der Waals surface area contributed by atoms with Gasteiger partial charge in [-0.3, -0.25) is 0 Å². The zero-order valence-corrected chi connectivity index (χ0v) is 13.5. The van der Waals surface area contributed by atoms with Crippen molar-refractivity contribution in [2.24, 2.45) is 5.92 Å². The third kappa shape index (κ3) is 4.18. The number of nitrogens with one attached hydrogen (secondary N) is 1. The van der Waals surface area contributed by atoms with Crippen LogP contribution in [0.2, 0.25) is 0 Å². The molecule has 1 aromatic heterocycles. The van der Waals surface area contributed by atoms with Gasteiger partial charge in [-0.15, -0.1) is 0 Å². The average molecular weight is 314 g/mol. The van der Waals surface area contributed by atoms with Crippen LogP contribution in [0.1, 0.15) is 25.3 Å². The smallest absolute Gasteiger partial charge is 0.224 e. The SMILES string of the molecule is CC1CCCN(c2ccnc(NCCc3ccccc3F)n2)C1. The fourth-order valence-corrected chi connectivity index (χ4v) is 3.02. The summed E-state index contributed by atoms with van der Waals surface area (Å²) < 4.78 is 13.6. The number of anilines is 2. The van der Waals surface area contributed by atoms with Crippen LogP contribution in [0.5, 0.6) is 0 Å². The molecular weight excluding hydrogens is 291 g/mol. The number of nitrogens with zero attached hydrogens (tertiary/aromatic N) is 3. The Hall–Kier alpha value is -2.17. The zero-order valence-electron chi connectivity index (χ0n) is 13.5. The maximum Gasteiger partial charge on any atom is 0.224 e. The van der Waals surface area contributed by atoms with Crippen molar-refractivity contribution < 1.29 is 4.39 Å². The predicted molar refractivity (Wildman–Crippen MR) is 91.2 cm³/mol. The number of aromatic nitrogens is 2. The molecule has 1 aliphatic heterocycles. The van der Waals surface area contributed by atoms with Crippen molar-refractivity contribution in [3.8, 4) is 0 Å². The van der Waals surface area contributed by atoms with Crippen molar-refractivity contribution >= 4 is 11.8 Å². The molecule has 0 spiro atoms. The van der Waals surface area contributed by atoms with E-state index >= 15 is 0 Å². The highest BCUT2D eigenvalue weighted by Gasteiger charge is 2.17. The van der Waals surface area contributed by atoms with Gasteiger partial charge in [-0.05, 0) is 42.9 Å². The van der Waals surface area contributed by atoms with E-state index < -0.39 is 0 Å². The van der Waals surface area contributed by atoms with Gasteiger partial charge in [0.05, 0.1) is 0 Å². The monoisotopic (exact) mass is 314 g/mol. The molecule has 1 unspecified atom stereocenters. The molecule has 0 aliphatic carbocycles. The first-order valence-corrected chi connectivity index (χ1v) is 8.27. The molecular formula is C18H23FN4. The summed E-state index contributed by atoms with van der Waals surface area (Å²) in [5, 5.41) is 3.20. The van der Waals surface area contributed by atoms with E-state index in [4.69, 9.17) is 0 Å². The molecule has 0 amide bonds. The Morgan fingerprint density at radius 1 is 1.30 bits per heavy atom. The zero-order chi connectivity index (χ0) is 16.1. The van der Waals surface area contributed by atoms with Crippen LogP contribution in [0.15, 0.2) is 36.5 Å². The van der Waals surface area contributed by atoms with Crippen LogP contribution >= 0.6 is 0 Å². The van der Waals surface area contributed by atoms with Crippen LogP contribution in [0.25, 0.3) is 0 Å². The number of hydrogen-bond donors (Lipinski definition) is 1. The molecule has 5 heteroatoms. The number of hydrogen-bond acceptors (Lipinski definition) is 4. The maximum absolute atomic E-state index is 13.6. The first-order chi connectivity index (χ1) is 11.2. The summed E-state index contributed by atoms with van der Waals surface area (Å²) >= 11 is 0. The van der Waals surface area contributed by atoms with Crippen LogP contribution in [0, 0.1) is 11.7 Å². The summed E-state index contributed by atoms with van der Waals surface area (Å²) in [6, 6.07) is 8.82. The fourth-order valence-electron chi connectivity index (χ4n) is 3.02.